The van der Waals surface area contributed by atoms with Gasteiger partial charge >= 0.3 is 6.29 Å². The first kappa shape index (κ1) is 18.9. The molecule has 0 bridgehead atoms. The Labute approximate surface area is 165 Å². The van der Waals surface area contributed by atoms with Crippen LogP contribution < -0.4 is 20.6 Å². The highest BCUT2D eigenvalue weighted by Gasteiger charge is 2.43. The third kappa shape index (κ3) is 3.92. The Morgan fingerprint density at radius 3 is 2.72 bits per heavy atom. The van der Waals surface area contributed by atoms with E-state index >= 15 is 0 Å². The number of ether oxygens (including phenoxy) is 2. The van der Waals surface area contributed by atoms with E-state index in [-0.39, 0.29) is 39.5 Å². The molecule has 2 heterocycles. The number of hydrogen-bond donors (Lipinski definition) is 2. The van der Waals surface area contributed by atoms with Gasteiger partial charge in [0.1, 0.15) is 5.82 Å². The molecule has 0 radical (unpaired) electrons. The van der Waals surface area contributed by atoms with Crippen molar-refractivity contribution >= 4 is 23.4 Å². The number of rotatable bonds is 5. The summed E-state index contributed by atoms with van der Waals surface area (Å²) >= 11 is 0.975. The number of halogens is 3. The molecule has 8 nitrogen and oxygen atoms in total. The van der Waals surface area contributed by atoms with Crippen LogP contribution in [0.2, 0.25) is 0 Å². The minimum Gasteiger partial charge on any atom is -0.395 e. The van der Waals surface area contributed by atoms with Crippen LogP contribution in [0, 0.1) is 5.82 Å². The number of nitrogen functional groups attached to an aromatic ring is 1. The highest BCUT2D eigenvalue weighted by molar-refractivity contribution is 7.99. The molecule has 1 amide bonds. The lowest BCUT2D eigenvalue weighted by Gasteiger charge is -2.06. The standard InChI is InChI=1S/C17H12F3N5O3S/c18-11-4-2-1-3-10(11)15-23-24-16(25(15)21)29-8-14(26)22-9-5-6-12-13(7-9)28-17(19,20)27-12/h1-7H,8,21H2,(H,22,26). The molecular weight excluding hydrogens is 411 g/mol. The van der Waals surface area contributed by atoms with Gasteiger partial charge in [0.2, 0.25) is 11.1 Å². The summed E-state index contributed by atoms with van der Waals surface area (Å²) in [6.07, 6.45) is -3.73. The van der Waals surface area contributed by atoms with Crippen molar-refractivity contribution in [3.8, 4) is 22.9 Å². The highest BCUT2D eigenvalue weighted by Crippen LogP contribution is 2.42. The van der Waals surface area contributed by atoms with E-state index < -0.39 is 18.0 Å². The minimum absolute atomic E-state index is 0.1000. The van der Waals surface area contributed by atoms with E-state index in [4.69, 9.17) is 5.84 Å². The Bertz CT molecular complexity index is 1090. The molecule has 0 saturated carbocycles. The summed E-state index contributed by atoms with van der Waals surface area (Å²) in [5.74, 6) is 4.65. The number of benzene rings is 2. The lowest BCUT2D eigenvalue weighted by Crippen LogP contribution is -2.25. The van der Waals surface area contributed by atoms with Gasteiger partial charge in [-0.05, 0) is 24.3 Å². The molecule has 4 rings (SSSR count). The number of fused-ring (bicyclic) bond motifs is 1. The summed E-state index contributed by atoms with van der Waals surface area (Å²) in [6.45, 7) is 0. The second kappa shape index (κ2) is 7.20. The maximum atomic E-state index is 13.9. The third-order valence-corrected chi connectivity index (χ3v) is 4.74. The van der Waals surface area contributed by atoms with Gasteiger partial charge in [-0.1, -0.05) is 23.9 Å². The van der Waals surface area contributed by atoms with Crippen molar-refractivity contribution in [3.05, 3.63) is 48.3 Å². The van der Waals surface area contributed by atoms with Gasteiger partial charge in [-0.3, -0.25) is 4.79 Å². The number of amides is 1. The zero-order valence-corrected chi connectivity index (χ0v) is 15.3. The maximum absolute atomic E-state index is 13.9. The van der Waals surface area contributed by atoms with Crippen molar-refractivity contribution in [3.63, 3.8) is 0 Å². The van der Waals surface area contributed by atoms with Crippen LogP contribution in [0.4, 0.5) is 18.9 Å². The van der Waals surface area contributed by atoms with Gasteiger partial charge in [0.25, 0.3) is 0 Å². The Morgan fingerprint density at radius 1 is 1.17 bits per heavy atom. The van der Waals surface area contributed by atoms with Crippen molar-refractivity contribution in [2.45, 2.75) is 11.5 Å². The van der Waals surface area contributed by atoms with Crippen LogP contribution in [0.15, 0.2) is 47.6 Å². The minimum atomic E-state index is -3.73. The molecule has 0 atom stereocenters. The second-order valence-electron chi connectivity index (χ2n) is 5.82. The quantitative estimate of drug-likeness (QED) is 0.480. The van der Waals surface area contributed by atoms with Crippen molar-refractivity contribution in [2.24, 2.45) is 0 Å². The number of anilines is 1. The van der Waals surface area contributed by atoms with Crippen LogP contribution >= 0.6 is 11.8 Å². The van der Waals surface area contributed by atoms with Crippen LogP contribution in [0.1, 0.15) is 0 Å². The van der Waals surface area contributed by atoms with Crippen LogP contribution in [-0.4, -0.2) is 32.8 Å². The fraction of sp³-hybridized carbons (Fsp3) is 0.118. The molecule has 0 fully saturated rings. The zero-order chi connectivity index (χ0) is 20.6. The Morgan fingerprint density at radius 2 is 1.93 bits per heavy atom. The summed E-state index contributed by atoms with van der Waals surface area (Å²) in [6, 6.07) is 9.82. The lowest BCUT2D eigenvalue weighted by molar-refractivity contribution is -0.286. The molecule has 1 aromatic heterocycles. The zero-order valence-electron chi connectivity index (χ0n) is 14.4. The topological polar surface area (TPSA) is 104 Å². The average Bonchev–Trinajstić information content (AvgIpc) is 3.18. The summed E-state index contributed by atoms with van der Waals surface area (Å²) in [5.41, 5.74) is 0.424. The van der Waals surface area contributed by atoms with Crippen molar-refractivity contribution in [1.82, 2.24) is 14.9 Å². The molecule has 2 aromatic carbocycles. The van der Waals surface area contributed by atoms with Gasteiger partial charge in [-0.15, -0.1) is 19.0 Å². The van der Waals surface area contributed by atoms with Crippen molar-refractivity contribution in [2.75, 3.05) is 16.9 Å². The summed E-state index contributed by atoms with van der Waals surface area (Å²) in [5, 5.41) is 10.5. The predicted octanol–water partition coefficient (Wildman–Crippen LogP) is 2.85. The summed E-state index contributed by atoms with van der Waals surface area (Å²) in [4.78, 5) is 12.1. The number of thioether (sulfide) groups is 1. The van der Waals surface area contributed by atoms with Gasteiger partial charge in [-0.2, -0.15) is 0 Å². The number of nitrogens with one attached hydrogen (secondary N) is 1. The fourth-order valence-corrected chi connectivity index (χ4v) is 3.21. The third-order valence-electron chi connectivity index (χ3n) is 3.80. The van der Waals surface area contributed by atoms with Crippen LogP contribution in [0.25, 0.3) is 11.4 Å². The highest BCUT2D eigenvalue weighted by atomic mass is 32.2. The van der Waals surface area contributed by atoms with Gasteiger partial charge in [0.05, 0.1) is 11.3 Å². The van der Waals surface area contributed by atoms with Crippen molar-refractivity contribution < 1.29 is 27.4 Å². The lowest BCUT2D eigenvalue weighted by atomic mass is 10.2. The number of aromatic nitrogens is 3. The molecule has 0 aliphatic carbocycles. The second-order valence-corrected chi connectivity index (χ2v) is 6.76. The molecule has 1 aliphatic rings. The molecule has 1 aliphatic heterocycles. The van der Waals surface area contributed by atoms with E-state index in [1.807, 2.05) is 0 Å². The number of carbonyl (C=O) groups is 1. The molecule has 12 heteroatoms. The maximum Gasteiger partial charge on any atom is 0.586 e. The van der Waals surface area contributed by atoms with E-state index in [0.717, 1.165) is 16.4 Å². The van der Waals surface area contributed by atoms with E-state index in [0.29, 0.717) is 0 Å². The number of nitrogens with zero attached hydrogens (tertiary/aromatic N) is 3. The molecule has 150 valence electrons. The van der Waals surface area contributed by atoms with E-state index in [9.17, 15) is 18.0 Å². The number of alkyl halides is 2. The van der Waals surface area contributed by atoms with E-state index in [1.54, 1.807) is 6.07 Å². The summed E-state index contributed by atoms with van der Waals surface area (Å²) < 4.78 is 49.7. The molecule has 3 aromatic rings. The molecular formula is C17H12F3N5O3S. The van der Waals surface area contributed by atoms with Crippen LogP contribution in [0.5, 0.6) is 11.5 Å². The fourth-order valence-electron chi connectivity index (χ4n) is 2.56. The smallest absolute Gasteiger partial charge is 0.395 e. The SMILES string of the molecule is Nn1c(SCC(=O)Nc2ccc3c(c2)OC(F)(F)O3)nnc1-c1ccccc1F. The van der Waals surface area contributed by atoms with Gasteiger partial charge in [0.15, 0.2) is 17.3 Å². The van der Waals surface area contributed by atoms with Crippen LogP contribution in [-0.2, 0) is 4.79 Å². The normalized spacial score (nSPS) is 14.0. The van der Waals surface area contributed by atoms with Gasteiger partial charge < -0.3 is 20.6 Å². The van der Waals surface area contributed by atoms with E-state index in [1.165, 1.54) is 36.4 Å². The van der Waals surface area contributed by atoms with E-state index in [2.05, 4.69) is 25.0 Å². The molecule has 3 N–H and O–H groups in total. The molecule has 0 unspecified atom stereocenters. The largest absolute Gasteiger partial charge is 0.586 e. The number of nitrogens with two attached hydrogens (primary N) is 1. The Kier molecular flexibility index (Phi) is 4.70. The Balaban J connectivity index is 1.39. The van der Waals surface area contributed by atoms with Gasteiger partial charge in [-0.25, -0.2) is 9.07 Å². The summed E-state index contributed by atoms with van der Waals surface area (Å²) in [7, 11) is 0. The first-order valence-electron chi connectivity index (χ1n) is 8.10. The van der Waals surface area contributed by atoms with Crippen molar-refractivity contribution in [1.29, 1.82) is 0 Å². The van der Waals surface area contributed by atoms with Gasteiger partial charge in [0, 0.05) is 11.8 Å². The monoisotopic (exact) mass is 423 g/mol. The number of hydrogen-bond acceptors (Lipinski definition) is 7. The Hall–Kier alpha value is -3.41. The number of carbonyl (C=O) groups excluding carboxylic acids is 1. The molecule has 0 saturated heterocycles. The first-order chi connectivity index (χ1) is 13.8. The first-order valence-corrected chi connectivity index (χ1v) is 9.09. The predicted molar refractivity (Wildman–Crippen MR) is 97.6 cm³/mol. The van der Waals surface area contributed by atoms with Crippen LogP contribution in [0.3, 0.4) is 0 Å². The molecule has 29 heavy (non-hydrogen) atoms. The average molecular weight is 423 g/mol. The molecule has 0 spiro atoms.